The number of pyridine rings is 1. The van der Waals surface area contributed by atoms with Crippen molar-refractivity contribution in [2.24, 2.45) is 0 Å². The van der Waals surface area contributed by atoms with Gasteiger partial charge in [0.15, 0.2) is 17.1 Å². The minimum atomic E-state index is -0.365. The summed E-state index contributed by atoms with van der Waals surface area (Å²) in [5.74, 6) is 2.39. The Bertz CT molecular complexity index is 1860. The second-order valence-electron chi connectivity index (χ2n) is 12.5. The fourth-order valence-corrected chi connectivity index (χ4v) is 6.63. The van der Waals surface area contributed by atoms with E-state index in [1.54, 1.807) is 33.5 Å². The number of rotatable bonds is 17. The molecule has 0 bridgehead atoms. The van der Waals surface area contributed by atoms with Crippen molar-refractivity contribution >= 4 is 23.1 Å². The minimum Gasteiger partial charge on any atom is -0.493 e. The van der Waals surface area contributed by atoms with Crippen LogP contribution in [-0.2, 0) is 22.4 Å². The third-order valence-corrected chi connectivity index (χ3v) is 9.10. The maximum Gasteiger partial charge on any atom is 0.219 e. The largest absolute Gasteiger partial charge is 0.493 e. The number of anilines is 1. The zero-order chi connectivity index (χ0) is 35.5. The highest BCUT2D eigenvalue weighted by molar-refractivity contribution is 5.83. The van der Waals surface area contributed by atoms with E-state index in [4.69, 9.17) is 14.2 Å². The lowest BCUT2D eigenvalue weighted by atomic mass is 9.95. The van der Waals surface area contributed by atoms with Crippen molar-refractivity contribution in [2.75, 3.05) is 39.7 Å². The number of hydrogen-bond acceptors (Lipinski definition) is 9. The van der Waals surface area contributed by atoms with Crippen LogP contribution in [0.3, 0.4) is 0 Å². The molecular weight excluding hydrogens is 636 g/mol. The van der Waals surface area contributed by atoms with Gasteiger partial charge < -0.3 is 30.2 Å². The first kappa shape index (κ1) is 36.2. The zero-order valence-electron chi connectivity index (χ0n) is 29.5. The highest BCUT2D eigenvalue weighted by Gasteiger charge is 2.29. The van der Waals surface area contributed by atoms with Gasteiger partial charge in [0, 0.05) is 44.6 Å². The Morgan fingerprint density at radius 3 is 2.48 bits per heavy atom. The zero-order valence-corrected chi connectivity index (χ0v) is 29.5. The molecule has 3 N–H and O–H groups in total. The molecule has 0 fully saturated rings. The first-order valence-corrected chi connectivity index (χ1v) is 17.4. The summed E-state index contributed by atoms with van der Waals surface area (Å²) in [6, 6.07) is 12.8. The average molecular weight is 685 g/mol. The molecule has 50 heavy (non-hydrogen) atoms. The Morgan fingerprint density at radius 1 is 0.900 bits per heavy atom. The molecule has 1 unspecified atom stereocenters. The summed E-state index contributed by atoms with van der Waals surface area (Å²) >= 11 is 0. The van der Waals surface area contributed by atoms with Crippen molar-refractivity contribution in [1.82, 2.24) is 25.2 Å². The molecule has 0 saturated carbocycles. The Kier molecular flexibility index (Phi) is 12.7. The molecule has 0 aliphatic heterocycles. The molecule has 12 nitrogen and oxygen atoms in total. The van der Waals surface area contributed by atoms with Gasteiger partial charge in [0.2, 0.25) is 23.0 Å². The fourth-order valence-electron chi connectivity index (χ4n) is 6.63. The number of carbonyl (C=O) groups excluding carboxylic acids is 2. The standard InChI is InChI=1S/C38H48N6O6/c1-25(45)41-29-18-16-26-23-32(48-2)37(49-3)38(50-4)36(26)27-17-19-30(31(46)24-28(27)29)39-20-10-6-8-15-35(47)40-21-11-5-7-13-33-42-43-34-14-9-12-22-44(33)34/h9,12,14,17,19,22-24,29H,5-8,10-11,13,15-16,18,20-21H2,1-4H3,(H,39,46)(H,40,47)(H,41,45). The lowest BCUT2D eigenvalue weighted by molar-refractivity contribution is -0.121. The van der Waals surface area contributed by atoms with Crippen molar-refractivity contribution in [3.8, 4) is 28.4 Å². The summed E-state index contributed by atoms with van der Waals surface area (Å²) in [5, 5.41) is 17.8. The number of aromatic nitrogens is 3. The lowest BCUT2D eigenvalue weighted by Crippen LogP contribution is -2.26. The molecule has 1 atom stereocenters. The number of ether oxygens (including phenoxy) is 3. The number of methoxy groups -OCH3 is 3. The maximum absolute atomic E-state index is 13.5. The Labute approximate surface area is 292 Å². The first-order valence-electron chi connectivity index (χ1n) is 17.4. The SMILES string of the molecule is COc1cc2c(c(OC)c1OC)-c1ccc(NCCCCCC(=O)NCCCCCc3nnc4ccccn34)c(=O)cc1C(NC(C)=O)CC2. The van der Waals surface area contributed by atoms with Crippen LogP contribution in [0.2, 0.25) is 0 Å². The topological polar surface area (TPSA) is 145 Å². The molecule has 2 aromatic carbocycles. The third kappa shape index (κ3) is 8.71. The molecule has 0 saturated heterocycles. The minimum absolute atomic E-state index is 0.0681. The van der Waals surface area contributed by atoms with Crippen molar-refractivity contribution in [1.29, 1.82) is 0 Å². The summed E-state index contributed by atoms with van der Waals surface area (Å²) in [5.41, 5.74) is 4.45. The third-order valence-electron chi connectivity index (χ3n) is 9.10. The van der Waals surface area contributed by atoms with Crippen LogP contribution in [0.5, 0.6) is 17.2 Å². The molecule has 2 aromatic heterocycles. The predicted molar refractivity (Wildman–Crippen MR) is 193 cm³/mol. The number of benzene rings is 1. The van der Waals surface area contributed by atoms with E-state index in [-0.39, 0.29) is 23.3 Å². The number of hydrogen-bond donors (Lipinski definition) is 3. The molecule has 0 radical (unpaired) electrons. The molecule has 266 valence electrons. The van der Waals surface area contributed by atoms with Crippen LogP contribution in [0.15, 0.2) is 53.5 Å². The summed E-state index contributed by atoms with van der Waals surface area (Å²) in [6.07, 6.45) is 9.91. The predicted octanol–water partition coefficient (Wildman–Crippen LogP) is 5.41. The van der Waals surface area contributed by atoms with Crippen molar-refractivity contribution in [2.45, 2.75) is 77.2 Å². The van der Waals surface area contributed by atoms with Crippen molar-refractivity contribution in [3.63, 3.8) is 0 Å². The van der Waals surface area contributed by atoms with E-state index in [2.05, 4.69) is 26.1 Å². The molecule has 12 heteroatoms. The van der Waals surface area contributed by atoms with Crippen LogP contribution >= 0.6 is 0 Å². The summed E-state index contributed by atoms with van der Waals surface area (Å²) in [7, 11) is 4.72. The van der Waals surface area contributed by atoms with Crippen LogP contribution < -0.4 is 35.6 Å². The second kappa shape index (κ2) is 17.5. The normalized spacial score (nSPS) is 13.5. The highest BCUT2D eigenvalue weighted by atomic mass is 16.5. The number of nitrogens with zero attached hydrogens (tertiary/aromatic N) is 3. The van der Waals surface area contributed by atoms with E-state index < -0.39 is 0 Å². The Morgan fingerprint density at radius 2 is 1.70 bits per heavy atom. The second-order valence-corrected chi connectivity index (χ2v) is 12.5. The van der Waals surface area contributed by atoms with E-state index in [9.17, 15) is 14.4 Å². The van der Waals surface area contributed by atoms with Crippen LogP contribution in [0.1, 0.15) is 81.3 Å². The van der Waals surface area contributed by atoms with Gasteiger partial charge in [0.1, 0.15) is 5.82 Å². The summed E-state index contributed by atoms with van der Waals surface area (Å²) in [4.78, 5) is 38.1. The van der Waals surface area contributed by atoms with E-state index >= 15 is 0 Å². The van der Waals surface area contributed by atoms with Gasteiger partial charge in [-0.15, -0.1) is 10.2 Å². The van der Waals surface area contributed by atoms with Gasteiger partial charge >= 0.3 is 0 Å². The quantitative estimate of drug-likeness (QED) is 0.124. The monoisotopic (exact) mass is 684 g/mol. The average Bonchev–Trinajstić information content (AvgIpc) is 3.38. The maximum atomic E-state index is 13.5. The molecular formula is C38H48N6O6. The number of unbranched alkanes of at least 4 members (excludes halogenated alkanes) is 4. The van der Waals surface area contributed by atoms with Gasteiger partial charge in [0.05, 0.1) is 33.1 Å². The molecule has 1 aliphatic rings. The van der Waals surface area contributed by atoms with Crippen LogP contribution in [0.25, 0.3) is 16.8 Å². The summed E-state index contributed by atoms with van der Waals surface area (Å²) < 4.78 is 19.1. The molecule has 2 heterocycles. The van der Waals surface area contributed by atoms with Crippen molar-refractivity contribution < 1.29 is 23.8 Å². The molecule has 5 rings (SSSR count). The van der Waals surface area contributed by atoms with Gasteiger partial charge in [-0.05, 0) is 85.5 Å². The van der Waals surface area contributed by atoms with E-state index in [0.29, 0.717) is 55.3 Å². The van der Waals surface area contributed by atoms with Gasteiger partial charge in [-0.1, -0.05) is 25.0 Å². The fraction of sp³-hybridized carbons (Fsp3) is 0.447. The number of nitrogens with one attached hydrogen (secondary N) is 3. The molecule has 1 aliphatic carbocycles. The van der Waals surface area contributed by atoms with Gasteiger partial charge in [-0.3, -0.25) is 18.8 Å². The van der Waals surface area contributed by atoms with Crippen LogP contribution in [-0.4, -0.2) is 60.8 Å². The smallest absolute Gasteiger partial charge is 0.219 e. The summed E-state index contributed by atoms with van der Waals surface area (Å²) in [6.45, 7) is 2.74. The number of amides is 2. The van der Waals surface area contributed by atoms with Gasteiger partial charge in [-0.2, -0.15) is 0 Å². The van der Waals surface area contributed by atoms with E-state index in [0.717, 1.165) is 78.7 Å². The molecule has 4 aromatic rings. The molecule has 0 spiro atoms. The Hall–Kier alpha value is -5.13. The number of carbonyl (C=O) groups is 2. The number of aryl methyl sites for hydroxylation is 2. The van der Waals surface area contributed by atoms with Gasteiger partial charge in [-0.25, -0.2) is 0 Å². The van der Waals surface area contributed by atoms with E-state index in [1.165, 1.54) is 6.92 Å². The molecule has 2 amide bonds. The lowest BCUT2D eigenvalue weighted by Gasteiger charge is -2.19. The van der Waals surface area contributed by atoms with Crippen LogP contribution in [0, 0.1) is 0 Å². The van der Waals surface area contributed by atoms with E-state index in [1.807, 2.05) is 40.9 Å². The Balaban J connectivity index is 1.12. The number of fused-ring (bicyclic) bond motifs is 4. The highest BCUT2D eigenvalue weighted by Crippen LogP contribution is 2.50. The van der Waals surface area contributed by atoms with Crippen LogP contribution in [0.4, 0.5) is 5.69 Å². The first-order chi connectivity index (χ1) is 24.3. The van der Waals surface area contributed by atoms with Crippen molar-refractivity contribution in [3.05, 3.63) is 75.8 Å². The van der Waals surface area contributed by atoms with Gasteiger partial charge in [0.25, 0.3) is 0 Å².